The van der Waals surface area contributed by atoms with E-state index in [1.165, 1.54) is 23.9 Å². The summed E-state index contributed by atoms with van der Waals surface area (Å²) in [6.45, 7) is 3.41. The van der Waals surface area contributed by atoms with Crippen molar-refractivity contribution in [3.63, 3.8) is 0 Å². The summed E-state index contributed by atoms with van der Waals surface area (Å²) >= 11 is 0. The smallest absolute Gasteiger partial charge is 0.271 e. The first-order chi connectivity index (χ1) is 13.8. The molecule has 0 amide bonds. The first-order valence-electron chi connectivity index (χ1n) is 9.04. The molecule has 2 aromatic heterocycles. The van der Waals surface area contributed by atoms with E-state index in [4.69, 9.17) is 9.26 Å². The van der Waals surface area contributed by atoms with Gasteiger partial charge < -0.3 is 9.26 Å². The van der Waals surface area contributed by atoms with Gasteiger partial charge in [-0.1, -0.05) is 5.16 Å². The second-order valence-electron chi connectivity index (χ2n) is 6.90. The average Bonchev–Trinajstić information content (AvgIpc) is 3.44. The average molecular weight is 416 g/mol. The molecule has 4 rings (SSSR count). The van der Waals surface area contributed by atoms with Crippen LogP contribution in [0.15, 0.2) is 44.5 Å². The molecule has 1 N–H and O–H groups in total. The summed E-state index contributed by atoms with van der Waals surface area (Å²) < 4.78 is 39.7. The fourth-order valence-electron chi connectivity index (χ4n) is 3.04. The maximum absolute atomic E-state index is 12.8. The Bertz CT molecular complexity index is 1220. The van der Waals surface area contributed by atoms with E-state index in [1.807, 2.05) is 0 Å². The largest absolute Gasteiger partial charge is 0.495 e. The van der Waals surface area contributed by atoms with Gasteiger partial charge in [-0.05, 0) is 51.0 Å². The molecule has 29 heavy (non-hydrogen) atoms. The van der Waals surface area contributed by atoms with Crippen molar-refractivity contribution in [2.24, 2.45) is 0 Å². The Hall–Kier alpha value is -2.98. The maximum Gasteiger partial charge on any atom is 0.271 e. The highest BCUT2D eigenvalue weighted by atomic mass is 32.2. The zero-order valence-corrected chi connectivity index (χ0v) is 17.0. The van der Waals surface area contributed by atoms with Gasteiger partial charge in [0.15, 0.2) is 5.76 Å². The van der Waals surface area contributed by atoms with Crippen LogP contribution in [0.4, 0.5) is 0 Å². The Kier molecular flexibility index (Phi) is 4.75. The van der Waals surface area contributed by atoms with Crippen LogP contribution in [0, 0.1) is 13.8 Å². The van der Waals surface area contributed by atoms with Gasteiger partial charge in [0.25, 0.3) is 5.56 Å². The first kappa shape index (κ1) is 19.3. The predicted octanol–water partition coefficient (Wildman–Crippen LogP) is 1.95. The van der Waals surface area contributed by atoms with Crippen molar-refractivity contribution < 1.29 is 17.7 Å². The van der Waals surface area contributed by atoms with Crippen LogP contribution in [0.3, 0.4) is 0 Å². The molecule has 10 heteroatoms. The minimum absolute atomic E-state index is 0.0290. The summed E-state index contributed by atoms with van der Waals surface area (Å²) in [5.74, 6) is 0.696. The minimum atomic E-state index is -3.74. The lowest BCUT2D eigenvalue weighted by atomic mass is 10.1. The van der Waals surface area contributed by atoms with Crippen molar-refractivity contribution in [2.45, 2.75) is 37.6 Å². The lowest BCUT2D eigenvalue weighted by Crippen LogP contribution is -2.26. The van der Waals surface area contributed by atoms with Crippen LogP contribution < -0.4 is 15.0 Å². The highest BCUT2D eigenvalue weighted by molar-refractivity contribution is 7.89. The topological polar surface area (TPSA) is 116 Å². The van der Waals surface area contributed by atoms with E-state index >= 15 is 0 Å². The van der Waals surface area contributed by atoms with Crippen LogP contribution in [0.5, 0.6) is 5.75 Å². The molecule has 1 aliphatic rings. The highest BCUT2D eigenvalue weighted by Gasteiger charge is 2.30. The molecule has 0 spiro atoms. The molecule has 0 aliphatic heterocycles. The standard InChI is InChI=1S/C19H20N4O5S/c1-11-19(12(2)28-21-11)23-18(24)9-7-15(20-23)13-4-8-16(27-3)17(10-13)29(25,26)22-14-5-6-14/h4,7-10,14,22H,5-6H2,1-3H3. The third-order valence-corrected chi connectivity index (χ3v) is 6.20. The summed E-state index contributed by atoms with van der Waals surface area (Å²) in [4.78, 5) is 12.4. The maximum atomic E-state index is 12.8. The third kappa shape index (κ3) is 3.68. The normalized spacial score (nSPS) is 14.2. The Morgan fingerprint density at radius 1 is 1.21 bits per heavy atom. The second kappa shape index (κ2) is 7.12. The first-order valence-corrected chi connectivity index (χ1v) is 10.5. The third-order valence-electron chi connectivity index (χ3n) is 4.66. The van der Waals surface area contributed by atoms with Gasteiger partial charge in [-0.3, -0.25) is 4.79 Å². The molecular formula is C19H20N4O5S. The van der Waals surface area contributed by atoms with E-state index in [2.05, 4.69) is 15.0 Å². The van der Waals surface area contributed by atoms with Gasteiger partial charge in [0, 0.05) is 17.7 Å². The summed E-state index contributed by atoms with van der Waals surface area (Å²) in [7, 11) is -2.32. The van der Waals surface area contributed by atoms with Crippen molar-refractivity contribution in [3.8, 4) is 22.7 Å². The quantitative estimate of drug-likeness (QED) is 0.653. The van der Waals surface area contributed by atoms with E-state index in [0.29, 0.717) is 28.4 Å². The Morgan fingerprint density at radius 2 is 1.97 bits per heavy atom. The van der Waals surface area contributed by atoms with Crippen LogP contribution in [-0.4, -0.2) is 36.5 Å². The van der Waals surface area contributed by atoms with Crippen LogP contribution in [-0.2, 0) is 10.0 Å². The number of ether oxygens (including phenoxy) is 1. The molecule has 1 saturated carbocycles. The molecule has 3 aromatic rings. The van der Waals surface area contributed by atoms with Crippen LogP contribution in [0.1, 0.15) is 24.3 Å². The SMILES string of the molecule is COc1ccc(-c2ccc(=O)n(-c3c(C)noc3C)n2)cc1S(=O)(=O)NC1CC1. The molecule has 1 fully saturated rings. The molecule has 152 valence electrons. The molecule has 1 aliphatic carbocycles. The molecular weight excluding hydrogens is 396 g/mol. The number of methoxy groups -OCH3 is 1. The van der Waals surface area contributed by atoms with E-state index in [0.717, 1.165) is 12.8 Å². The van der Waals surface area contributed by atoms with Gasteiger partial charge in [0.1, 0.15) is 22.0 Å². The monoisotopic (exact) mass is 416 g/mol. The molecule has 0 atom stereocenters. The van der Waals surface area contributed by atoms with Crippen LogP contribution in [0.2, 0.25) is 0 Å². The predicted molar refractivity (Wildman–Crippen MR) is 105 cm³/mol. The van der Waals surface area contributed by atoms with Crippen molar-refractivity contribution in [1.82, 2.24) is 19.7 Å². The van der Waals surface area contributed by atoms with E-state index in [9.17, 15) is 13.2 Å². The van der Waals surface area contributed by atoms with E-state index in [1.54, 1.807) is 32.0 Å². The molecule has 0 radical (unpaired) electrons. The number of hydrogen-bond acceptors (Lipinski definition) is 7. The van der Waals surface area contributed by atoms with E-state index < -0.39 is 10.0 Å². The van der Waals surface area contributed by atoms with Crippen molar-refractivity contribution >= 4 is 10.0 Å². The zero-order valence-electron chi connectivity index (χ0n) is 16.2. The van der Waals surface area contributed by atoms with Crippen molar-refractivity contribution in [3.05, 3.63) is 52.1 Å². The Balaban J connectivity index is 1.82. The molecule has 1 aromatic carbocycles. The number of aromatic nitrogens is 3. The fourth-order valence-corrected chi connectivity index (χ4v) is 4.54. The van der Waals surface area contributed by atoms with Gasteiger partial charge in [-0.25, -0.2) is 13.1 Å². The fraction of sp³-hybridized carbons (Fsp3) is 0.316. The van der Waals surface area contributed by atoms with Gasteiger partial charge in [-0.2, -0.15) is 9.78 Å². The van der Waals surface area contributed by atoms with Crippen molar-refractivity contribution in [2.75, 3.05) is 7.11 Å². The van der Waals surface area contributed by atoms with Crippen LogP contribution >= 0.6 is 0 Å². The number of nitrogens with one attached hydrogen (secondary N) is 1. The number of sulfonamides is 1. The number of nitrogens with zero attached hydrogens (tertiary/aromatic N) is 3. The number of benzene rings is 1. The minimum Gasteiger partial charge on any atom is -0.495 e. The van der Waals surface area contributed by atoms with Gasteiger partial charge in [0.05, 0.1) is 12.8 Å². The van der Waals surface area contributed by atoms with Crippen LogP contribution in [0.25, 0.3) is 16.9 Å². The van der Waals surface area contributed by atoms with Gasteiger partial charge >= 0.3 is 0 Å². The summed E-state index contributed by atoms with van der Waals surface area (Å²) in [6.07, 6.45) is 1.65. The molecule has 0 unspecified atom stereocenters. The summed E-state index contributed by atoms with van der Waals surface area (Å²) in [5, 5.41) is 8.27. The highest BCUT2D eigenvalue weighted by Crippen LogP contribution is 2.31. The second-order valence-corrected chi connectivity index (χ2v) is 8.58. The lowest BCUT2D eigenvalue weighted by Gasteiger charge is -2.12. The van der Waals surface area contributed by atoms with Gasteiger partial charge in [-0.15, -0.1) is 0 Å². The zero-order chi connectivity index (χ0) is 20.8. The Morgan fingerprint density at radius 3 is 2.59 bits per heavy atom. The number of aryl methyl sites for hydroxylation is 2. The van der Waals surface area contributed by atoms with Gasteiger partial charge in [0.2, 0.25) is 10.0 Å². The van der Waals surface area contributed by atoms with E-state index in [-0.39, 0.29) is 22.2 Å². The Labute approximate surface area is 167 Å². The summed E-state index contributed by atoms with van der Waals surface area (Å²) in [5.41, 5.74) is 1.60. The summed E-state index contributed by atoms with van der Waals surface area (Å²) in [6, 6.07) is 7.64. The lowest BCUT2D eigenvalue weighted by molar-refractivity contribution is 0.392. The molecule has 0 bridgehead atoms. The number of rotatable bonds is 6. The van der Waals surface area contributed by atoms with Crippen molar-refractivity contribution in [1.29, 1.82) is 0 Å². The molecule has 2 heterocycles. The molecule has 9 nitrogen and oxygen atoms in total. The molecule has 0 saturated heterocycles. The number of hydrogen-bond donors (Lipinski definition) is 1.